The minimum Gasteiger partial charge on any atom is -0.444 e. The Bertz CT molecular complexity index is 701. The molecule has 26 heavy (non-hydrogen) atoms. The van der Waals surface area contributed by atoms with Crippen molar-refractivity contribution in [1.82, 2.24) is 15.3 Å². The summed E-state index contributed by atoms with van der Waals surface area (Å²) in [5.41, 5.74) is 0.499. The summed E-state index contributed by atoms with van der Waals surface area (Å²) in [6.07, 6.45) is 5.85. The molecule has 1 amide bonds. The molecule has 0 aliphatic heterocycles. The Morgan fingerprint density at radius 1 is 1.27 bits per heavy atom. The second-order valence-electron chi connectivity index (χ2n) is 7.62. The summed E-state index contributed by atoms with van der Waals surface area (Å²) in [6.45, 7) is 6.32. The van der Waals surface area contributed by atoms with E-state index in [0.717, 1.165) is 41.5 Å². The summed E-state index contributed by atoms with van der Waals surface area (Å²) in [6, 6.07) is 0.447. The first kappa shape index (κ1) is 19.1. The fraction of sp³-hybridized carbons (Fsp3) is 0.611. The van der Waals surface area contributed by atoms with E-state index >= 15 is 0 Å². The van der Waals surface area contributed by atoms with Crippen LogP contribution in [-0.4, -0.2) is 34.2 Å². The zero-order valence-corrected chi connectivity index (χ0v) is 17.1. The number of anilines is 1. The van der Waals surface area contributed by atoms with E-state index in [1.54, 1.807) is 28.9 Å². The lowest BCUT2D eigenvalue weighted by Gasteiger charge is -2.29. The number of hydrogen-bond acceptors (Lipinski definition) is 7. The molecule has 0 aromatic carbocycles. The van der Waals surface area contributed by atoms with Gasteiger partial charge in [-0.25, -0.2) is 14.8 Å². The molecule has 1 aliphatic carbocycles. The van der Waals surface area contributed by atoms with E-state index in [1.807, 2.05) is 26.2 Å². The molecule has 1 fully saturated rings. The van der Waals surface area contributed by atoms with Gasteiger partial charge in [-0.1, -0.05) is 0 Å². The molecular formula is C18H26N4O2S2. The second-order valence-corrected chi connectivity index (χ2v) is 9.37. The number of aromatic nitrogens is 2. The summed E-state index contributed by atoms with van der Waals surface area (Å²) < 4.78 is 5.29. The van der Waals surface area contributed by atoms with E-state index in [1.165, 1.54) is 0 Å². The highest BCUT2D eigenvalue weighted by Gasteiger charge is 2.23. The molecule has 2 N–H and O–H groups in total. The molecule has 2 aromatic heterocycles. The van der Waals surface area contributed by atoms with Crippen LogP contribution in [0.3, 0.4) is 0 Å². The number of rotatable bonds is 5. The maximum Gasteiger partial charge on any atom is 0.407 e. The van der Waals surface area contributed by atoms with Gasteiger partial charge in [0.05, 0.1) is 0 Å². The molecule has 2 heterocycles. The van der Waals surface area contributed by atoms with Gasteiger partial charge in [-0.3, -0.25) is 0 Å². The van der Waals surface area contributed by atoms with Crippen molar-refractivity contribution >= 4 is 33.9 Å². The Balaban J connectivity index is 1.39. The summed E-state index contributed by atoms with van der Waals surface area (Å²) in [5, 5.41) is 12.4. The Kier molecular flexibility index (Phi) is 6.13. The van der Waals surface area contributed by atoms with E-state index < -0.39 is 5.60 Å². The number of alkyl carbamates (subject to hydrolysis) is 1. The van der Waals surface area contributed by atoms with Crippen LogP contribution in [0.25, 0.3) is 10.7 Å². The summed E-state index contributed by atoms with van der Waals surface area (Å²) >= 11 is 3.24. The third-order valence-corrected chi connectivity index (χ3v) is 5.83. The first-order valence-electron chi connectivity index (χ1n) is 8.98. The molecule has 0 bridgehead atoms. The molecular weight excluding hydrogens is 368 g/mol. The number of amides is 1. The van der Waals surface area contributed by atoms with Gasteiger partial charge in [0.15, 0.2) is 5.13 Å². The SMILES string of the molecule is CC(C)(C)OC(=O)NCC1CCC(Nc2nc(-c3nccs3)cs2)CC1. The highest BCUT2D eigenvalue weighted by Crippen LogP contribution is 2.30. The van der Waals surface area contributed by atoms with Crippen molar-refractivity contribution in [2.75, 3.05) is 11.9 Å². The van der Waals surface area contributed by atoms with Gasteiger partial charge in [0.1, 0.15) is 16.3 Å². The summed E-state index contributed by atoms with van der Waals surface area (Å²) in [4.78, 5) is 20.7. The van der Waals surface area contributed by atoms with Gasteiger partial charge < -0.3 is 15.4 Å². The molecule has 2 aromatic rings. The molecule has 0 atom stereocenters. The molecule has 3 rings (SSSR count). The van der Waals surface area contributed by atoms with Gasteiger partial charge >= 0.3 is 6.09 Å². The first-order valence-corrected chi connectivity index (χ1v) is 10.7. The number of hydrogen-bond donors (Lipinski definition) is 2. The van der Waals surface area contributed by atoms with Crippen LogP contribution < -0.4 is 10.6 Å². The van der Waals surface area contributed by atoms with E-state index in [0.29, 0.717) is 18.5 Å². The first-order chi connectivity index (χ1) is 12.4. The Morgan fingerprint density at radius 2 is 2.04 bits per heavy atom. The van der Waals surface area contributed by atoms with Gasteiger partial charge in [0, 0.05) is 29.5 Å². The zero-order chi connectivity index (χ0) is 18.6. The number of carbonyl (C=O) groups is 1. The van der Waals surface area contributed by atoms with Gasteiger partial charge in [-0.2, -0.15) is 0 Å². The third kappa shape index (κ3) is 5.67. The minimum atomic E-state index is -0.448. The topological polar surface area (TPSA) is 76.1 Å². The summed E-state index contributed by atoms with van der Waals surface area (Å²) in [5.74, 6) is 0.516. The highest BCUT2D eigenvalue weighted by molar-refractivity contribution is 7.15. The number of nitrogens with one attached hydrogen (secondary N) is 2. The fourth-order valence-electron chi connectivity index (χ4n) is 3.02. The number of nitrogens with zero attached hydrogens (tertiary/aromatic N) is 2. The van der Waals surface area contributed by atoms with Gasteiger partial charge in [-0.05, 0) is 52.4 Å². The Morgan fingerprint density at radius 3 is 2.69 bits per heavy atom. The van der Waals surface area contributed by atoms with Crippen molar-refractivity contribution in [2.24, 2.45) is 5.92 Å². The van der Waals surface area contributed by atoms with Crippen LogP contribution in [0.1, 0.15) is 46.5 Å². The van der Waals surface area contributed by atoms with E-state index in [2.05, 4.69) is 26.0 Å². The quantitative estimate of drug-likeness (QED) is 0.764. The number of carbonyl (C=O) groups excluding carboxylic acids is 1. The smallest absolute Gasteiger partial charge is 0.407 e. The van der Waals surface area contributed by atoms with E-state index in [4.69, 9.17) is 4.74 Å². The van der Waals surface area contributed by atoms with Crippen LogP contribution in [0.4, 0.5) is 9.93 Å². The van der Waals surface area contributed by atoms with Gasteiger partial charge in [-0.15, -0.1) is 22.7 Å². The van der Waals surface area contributed by atoms with Crippen molar-refractivity contribution < 1.29 is 9.53 Å². The summed E-state index contributed by atoms with van der Waals surface area (Å²) in [7, 11) is 0. The van der Waals surface area contributed by atoms with Crippen LogP contribution in [0, 0.1) is 5.92 Å². The lowest BCUT2D eigenvalue weighted by molar-refractivity contribution is 0.0515. The van der Waals surface area contributed by atoms with Crippen molar-refractivity contribution in [3.05, 3.63) is 17.0 Å². The maximum absolute atomic E-state index is 11.7. The molecule has 1 aliphatic rings. The van der Waals surface area contributed by atoms with E-state index in [-0.39, 0.29) is 6.09 Å². The van der Waals surface area contributed by atoms with E-state index in [9.17, 15) is 4.79 Å². The van der Waals surface area contributed by atoms with Crippen molar-refractivity contribution in [2.45, 2.75) is 58.1 Å². The largest absolute Gasteiger partial charge is 0.444 e. The van der Waals surface area contributed by atoms with Gasteiger partial charge in [0.25, 0.3) is 0 Å². The highest BCUT2D eigenvalue weighted by atomic mass is 32.1. The lowest BCUT2D eigenvalue weighted by atomic mass is 9.86. The molecule has 8 heteroatoms. The monoisotopic (exact) mass is 394 g/mol. The molecule has 1 saturated carbocycles. The second kappa shape index (κ2) is 8.35. The predicted octanol–water partition coefficient (Wildman–Crippen LogP) is 4.76. The van der Waals surface area contributed by atoms with Crippen LogP contribution in [0.2, 0.25) is 0 Å². The fourth-order valence-corrected chi connectivity index (χ4v) is 4.46. The average Bonchev–Trinajstić information content (AvgIpc) is 3.24. The maximum atomic E-state index is 11.7. The van der Waals surface area contributed by atoms with Crippen LogP contribution >= 0.6 is 22.7 Å². The third-order valence-electron chi connectivity index (χ3n) is 4.26. The van der Waals surface area contributed by atoms with Crippen molar-refractivity contribution in [3.8, 4) is 10.7 Å². The molecule has 0 saturated heterocycles. The average molecular weight is 395 g/mol. The van der Waals surface area contributed by atoms with Crippen molar-refractivity contribution in [3.63, 3.8) is 0 Å². The van der Waals surface area contributed by atoms with Gasteiger partial charge in [0.2, 0.25) is 0 Å². The predicted molar refractivity (Wildman–Crippen MR) is 107 cm³/mol. The Hall–Kier alpha value is -1.67. The zero-order valence-electron chi connectivity index (χ0n) is 15.4. The number of thiazole rings is 2. The standard InChI is InChI=1S/C18H26N4O2S2/c1-18(2,3)24-17(23)20-10-12-4-6-13(7-5-12)21-16-22-14(11-26-16)15-19-8-9-25-15/h8-9,11-13H,4-7,10H2,1-3H3,(H,20,23)(H,21,22). The molecule has 6 nitrogen and oxygen atoms in total. The number of ether oxygens (including phenoxy) is 1. The van der Waals surface area contributed by atoms with Crippen molar-refractivity contribution in [1.29, 1.82) is 0 Å². The minimum absolute atomic E-state index is 0.324. The molecule has 0 unspecified atom stereocenters. The van der Waals surface area contributed by atoms with Crippen LogP contribution in [0.15, 0.2) is 17.0 Å². The van der Waals surface area contributed by atoms with Crippen LogP contribution in [-0.2, 0) is 4.74 Å². The van der Waals surface area contributed by atoms with Crippen LogP contribution in [0.5, 0.6) is 0 Å². The molecule has 0 spiro atoms. The molecule has 142 valence electrons. The normalized spacial score (nSPS) is 20.6. The molecule has 0 radical (unpaired) electrons. The lowest BCUT2D eigenvalue weighted by Crippen LogP contribution is -2.37. The Labute approximate surface area is 162 Å².